The fourth-order valence-corrected chi connectivity index (χ4v) is 5.15. The van der Waals surface area contributed by atoms with Gasteiger partial charge in [0.1, 0.15) is 5.69 Å². The number of aromatic nitrogens is 1. The molecule has 0 amide bonds. The molecule has 2 aromatic carbocycles. The standard InChI is InChI=1S/C22H22ClF3N4O2S/c23-16-6-7-18-17(12-16)19(13-20(29-18)22(24,25)26)28-14-21(15-4-2-1-3-5-15)8-10-30(11-9-21)33(27,31)32/h1-7,12-13H,8-11,14H2,(H,28,29)(H2,27,31,32). The van der Waals surface area contributed by atoms with Gasteiger partial charge in [-0.1, -0.05) is 41.9 Å². The summed E-state index contributed by atoms with van der Waals surface area (Å²) in [5, 5.41) is 9.34. The van der Waals surface area contributed by atoms with Crippen molar-refractivity contribution in [3.63, 3.8) is 0 Å². The second kappa shape index (κ2) is 8.75. The zero-order valence-electron chi connectivity index (χ0n) is 17.4. The van der Waals surface area contributed by atoms with Crippen LogP contribution < -0.4 is 10.5 Å². The lowest BCUT2D eigenvalue weighted by Gasteiger charge is -2.41. The van der Waals surface area contributed by atoms with Crippen LogP contribution in [0.4, 0.5) is 18.9 Å². The summed E-state index contributed by atoms with van der Waals surface area (Å²) in [6, 6.07) is 15.0. The molecule has 1 aliphatic rings. The minimum absolute atomic E-state index is 0.175. The molecule has 1 aromatic heterocycles. The Balaban J connectivity index is 1.71. The van der Waals surface area contributed by atoms with Gasteiger partial charge in [0.2, 0.25) is 0 Å². The number of hydrogen-bond acceptors (Lipinski definition) is 4. The van der Waals surface area contributed by atoms with E-state index in [4.69, 9.17) is 16.7 Å². The van der Waals surface area contributed by atoms with E-state index in [-0.39, 0.29) is 24.3 Å². The van der Waals surface area contributed by atoms with Gasteiger partial charge in [0, 0.05) is 41.1 Å². The lowest BCUT2D eigenvalue weighted by Crippen LogP contribution is -2.49. The summed E-state index contributed by atoms with van der Waals surface area (Å²) in [7, 11) is -3.82. The van der Waals surface area contributed by atoms with Crippen molar-refractivity contribution in [3.8, 4) is 0 Å². The van der Waals surface area contributed by atoms with Crippen LogP contribution in [0.25, 0.3) is 10.9 Å². The molecule has 3 N–H and O–H groups in total. The van der Waals surface area contributed by atoms with Gasteiger partial charge in [-0.25, -0.2) is 10.1 Å². The van der Waals surface area contributed by atoms with Crippen molar-refractivity contribution < 1.29 is 21.6 Å². The molecule has 3 aromatic rings. The molecule has 1 saturated heterocycles. The van der Waals surface area contributed by atoms with Gasteiger partial charge < -0.3 is 5.32 Å². The predicted molar refractivity (Wildman–Crippen MR) is 122 cm³/mol. The Morgan fingerprint density at radius 3 is 2.36 bits per heavy atom. The molecule has 0 unspecified atom stereocenters. The Kier molecular flexibility index (Phi) is 6.30. The van der Waals surface area contributed by atoms with Crippen molar-refractivity contribution in [3.05, 3.63) is 70.9 Å². The topological polar surface area (TPSA) is 88.3 Å². The van der Waals surface area contributed by atoms with Gasteiger partial charge in [-0.05, 0) is 42.7 Å². The van der Waals surface area contributed by atoms with Crippen LogP contribution in [0.5, 0.6) is 0 Å². The molecule has 0 spiro atoms. The molecule has 0 atom stereocenters. The van der Waals surface area contributed by atoms with Gasteiger partial charge in [0.25, 0.3) is 10.2 Å². The number of anilines is 1. The highest BCUT2D eigenvalue weighted by Gasteiger charge is 2.39. The molecular weight excluding hydrogens is 477 g/mol. The Morgan fingerprint density at radius 1 is 1.09 bits per heavy atom. The van der Waals surface area contributed by atoms with E-state index in [2.05, 4.69) is 10.3 Å². The predicted octanol–water partition coefficient (Wildman–Crippen LogP) is 4.56. The molecule has 33 heavy (non-hydrogen) atoms. The van der Waals surface area contributed by atoms with Crippen LogP contribution in [-0.2, 0) is 21.8 Å². The molecule has 1 fully saturated rings. The van der Waals surface area contributed by atoms with Gasteiger partial charge in [0.15, 0.2) is 0 Å². The Bertz CT molecular complexity index is 1260. The van der Waals surface area contributed by atoms with Gasteiger partial charge in [-0.2, -0.15) is 25.9 Å². The van der Waals surface area contributed by atoms with E-state index in [1.807, 2.05) is 30.3 Å². The first kappa shape index (κ1) is 23.7. The summed E-state index contributed by atoms with van der Waals surface area (Å²) < 4.78 is 65.2. The van der Waals surface area contributed by atoms with Crippen molar-refractivity contribution in [1.82, 2.24) is 9.29 Å². The van der Waals surface area contributed by atoms with Crippen LogP contribution in [0, 0.1) is 0 Å². The first-order chi connectivity index (χ1) is 15.5. The van der Waals surface area contributed by atoms with Crippen molar-refractivity contribution in [2.45, 2.75) is 24.4 Å². The highest BCUT2D eigenvalue weighted by atomic mass is 35.5. The van der Waals surface area contributed by atoms with Crippen LogP contribution in [0.15, 0.2) is 54.6 Å². The van der Waals surface area contributed by atoms with E-state index in [0.29, 0.717) is 29.8 Å². The van der Waals surface area contributed by atoms with Crippen LogP contribution in [0.2, 0.25) is 5.02 Å². The SMILES string of the molecule is NS(=O)(=O)N1CCC(CNc2cc(C(F)(F)F)nc3ccc(Cl)cc23)(c2ccccc2)CC1. The first-order valence-corrected chi connectivity index (χ1v) is 12.1. The van der Waals surface area contributed by atoms with Crippen LogP contribution in [-0.4, -0.2) is 37.3 Å². The van der Waals surface area contributed by atoms with Gasteiger partial charge in [-0.3, -0.25) is 0 Å². The molecular formula is C22H22ClF3N4O2S. The minimum atomic E-state index is -4.61. The molecule has 0 radical (unpaired) electrons. The average molecular weight is 499 g/mol. The number of nitrogens with two attached hydrogens (primary N) is 1. The summed E-state index contributed by atoms with van der Waals surface area (Å²) in [6.45, 7) is 0.719. The van der Waals surface area contributed by atoms with E-state index in [9.17, 15) is 21.6 Å². The normalized spacial score (nSPS) is 17.2. The zero-order valence-corrected chi connectivity index (χ0v) is 19.0. The number of nitrogens with zero attached hydrogens (tertiary/aromatic N) is 2. The molecule has 0 bridgehead atoms. The second-order valence-corrected chi connectivity index (χ2v) is 10.1. The van der Waals surface area contributed by atoms with Gasteiger partial charge >= 0.3 is 6.18 Å². The maximum Gasteiger partial charge on any atom is 0.433 e. The van der Waals surface area contributed by atoms with Crippen molar-refractivity contribution >= 4 is 38.4 Å². The molecule has 176 valence electrons. The maximum atomic E-state index is 13.5. The van der Waals surface area contributed by atoms with Crippen molar-refractivity contribution in [2.75, 3.05) is 25.0 Å². The fraction of sp³-hybridized carbons (Fsp3) is 0.318. The highest BCUT2D eigenvalue weighted by Crippen LogP contribution is 2.38. The zero-order chi connectivity index (χ0) is 23.9. The molecule has 2 heterocycles. The number of fused-ring (bicyclic) bond motifs is 1. The Hall–Kier alpha value is -2.40. The molecule has 0 saturated carbocycles. The Labute approximate surface area is 194 Å². The molecule has 6 nitrogen and oxygen atoms in total. The van der Waals surface area contributed by atoms with Crippen molar-refractivity contribution in [2.24, 2.45) is 5.14 Å². The third-order valence-corrected chi connectivity index (χ3v) is 7.42. The Morgan fingerprint density at radius 2 is 1.76 bits per heavy atom. The number of halogens is 4. The van der Waals surface area contributed by atoms with E-state index < -0.39 is 27.5 Å². The van der Waals surface area contributed by atoms with Crippen LogP contribution in [0.3, 0.4) is 0 Å². The third-order valence-electron chi connectivity index (χ3n) is 6.10. The van der Waals surface area contributed by atoms with E-state index in [0.717, 1.165) is 11.6 Å². The summed E-state index contributed by atoms with van der Waals surface area (Å²) in [5.41, 5.74) is -0.0974. The maximum absolute atomic E-state index is 13.5. The van der Waals surface area contributed by atoms with Gasteiger partial charge in [0.05, 0.1) is 5.52 Å². The number of nitrogens with one attached hydrogen (secondary N) is 1. The number of alkyl halides is 3. The largest absolute Gasteiger partial charge is 0.433 e. The van der Waals surface area contributed by atoms with Crippen LogP contribution in [0.1, 0.15) is 24.1 Å². The lowest BCUT2D eigenvalue weighted by atomic mass is 9.73. The number of hydrogen-bond donors (Lipinski definition) is 2. The highest BCUT2D eigenvalue weighted by molar-refractivity contribution is 7.86. The number of pyridine rings is 1. The molecule has 0 aliphatic carbocycles. The average Bonchev–Trinajstić information content (AvgIpc) is 2.77. The first-order valence-electron chi connectivity index (χ1n) is 10.2. The summed E-state index contributed by atoms with van der Waals surface area (Å²) in [4.78, 5) is 3.74. The fourth-order valence-electron chi connectivity index (χ4n) is 4.28. The van der Waals surface area contributed by atoms with E-state index in [1.165, 1.54) is 16.4 Å². The van der Waals surface area contributed by atoms with E-state index >= 15 is 0 Å². The molecule has 4 rings (SSSR count). The lowest BCUT2D eigenvalue weighted by molar-refractivity contribution is -0.140. The summed E-state index contributed by atoms with van der Waals surface area (Å²) >= 11 is 6.10. The monoisotopic (exact) mass is 498 g/mol. The molecule has 11 heteroatoms. The summed E-state index contributed by atoms with van der Waals surface area (Å²) in [5.74, 6) is 0. The number of rotatable bonds is 5. The quantitative estimate of drug-likeness (QED) is 0.540. The number of benzene rings is 2. The van der Waals surface area contributed by atoms with Gasteiger partial charge in [-0.15, -0.1) is 0 Å². The molecule has 1 aliphatic heterocycles. The number of piperidine rings is 1. The van der Waals surface area contributed by atoms with Crippen LogP contribution >= 0.6 is 11.6 Å². The second-order valence-electron chi connectivity index (χ2n) is 8.16. The third kappa shape index (κ3) is 5.08. The van der Waals surface area contributed by atoms with E-state index in [1.54, 1.807) is 6.07 Å². The smallest absolute Gasteiger partial charge is 0.384 e. The minimum Gasteiger partial charge on any atom is -0.384 e. The van der Waals surface area contributed by atoms with Crippen molar-refractivity contribution in [1.29, 1.82) is 0 Å². The summed E-state index contributed by atoms with van der Waals surface area (Å²) in [6.07, 6.45) is -3.70.